The van der Waals surface area contributed by atoms with Crippen molar-refractivity contribution in [3.63, 3.8) is 0 Å². The number of hydrogen-bond acceptors (Lipinski definition) is 10. The van der Waals surface area contributed by atoms with Crippen molar-refractivity contribution in [2.24, 2.45) is 0 Å². The lowest BCUT2D eigenvalue weighted by atomic mass is 10.1. The summed E-state index contributed by atoms with van der Waals surface area (Å²) in [5.41, 5.74) is 0.101. The van der Waals surface area contributed by atoms with E-state index in [1.54, 1.807) is 12.1 Å². The van der Waals surface area contributed by atoms with Gasteiger partial charge in [-0.25, -0.2) is 19.2 Å². The summed E-state index contributed by atoms with van der Waals surface area (Å²) >= 11 is 0. The molecule has 0 radical (unpaired) electrons. The molecule has 0 bridgehead atoms. The Balaban J connectivity index is 2.32. The first-order valence-electron chi connectivity index (χ1n) is 9.66. The topological polar surface area (TPSA) is 124 Å². The number of esters is 4. The van der Waals surface area contributed by atoms with Crippen LogP contribution in [0.3, 0.4) is 0 Å². The molecule has 0 amide bonds. The van der Waals surface area contributed by atoms with E-state index in [4.69, 9.17) is 28.4 Å². The highest BCUT2D eigenvalue weighted by Crippen LogP contribution is 2.12. The summed E-state index contributed by atoms with van der Waals surface area (Å²) in [6, 6.07) is 6.06. The molecule has 0 aliphatic carbocycles. The third-order valence-electron chi connectivity index (χ3n) is 3.57. The van der Waals surface area contributed by atoms with Crippen molar-refractivity contribution in [3.05, 3.63) is 60.7 Å². The third kappa shape index (κ3) is 11.0. The van der Waals surface area contributed by atoms with E-state index in [0.717, 1.165) is 12.2 Å². The van der Waals surface area contributed by atoms with Gasteiger partial charge in [-0.05, 0) is 12.1 Å². The van der Waals surface area contributed by atoms with E-state index in [1.165, 1.54) is 12.1 Å². The SMILES string of the molecule is C=CC(=O)OCCOCCOC(=O)c1ccccc1C(=O)OCCOCCOC(=O)C=C. The van der Waals surface area contributed by atoms with E-state index in [1.807, 2.05) is 0 Å². The zero-order valence-corrected chi connectivity index (χ0v) is 17.6. The fraction of sp³-hybridized carbons (Fsp3) is 0.364. The summed E-state index contributed by atoms with van der Waals surface area (Å²) in [6.45, 7) is 6.98. The van der Waals surface area contributed by atoms with Crippen molar-refractivity contribution in [2.45, 2.75) is 0 Å². The highest BCUT2D eigenvalue weighted by molar-refractivity contribution is 6.03. The van der Waals surface area contributed by atoms with Crippen LogP contribution >= 0.6 is 0 Å². The molecule has 32 heavy (non-hydrogen) atoms. The monoisotopic (exact) mass is 450 g/mol. The molecule has 0 heterocycles. The van der Waals surface area contributed by atoms with E-state index in [0.29, 0.717) is 0 Å². The molecule has 0 spiro atoms. The van der Waals surface area contributed by atoms with E-state index in [-0.39, 0.29) is 64.0 Å². The van der Waals surface area contributed by atoms with Crippen molar-refractivity contribution in [1.29, 1.82) is 0 Å². The van der Waals surface area contributed by atoms with Crippen LogP contribution in [0.25, 0.3) is 0 Å². The zero-order chi connectivity index (χ0) is 23.6. The molecule has 0 aromatic heterocycles. The average Bonchev–Trinajstić information content (AvgIpc) is 2.81. The molecule has 0 unspecified atom stereocenters. The van der Waals surface area contributed by atoms with Crippen LogP contribution in [0.2, 0.25) is 0 Å². The Morgan fingerprint density at radius 2 is 0.938 bits per heavy atom. The molecule has 0 atom stereocenters. The van der Waals surface area contributed by atoms with Gasteiger partial charge in [0.2, 0.25) is 0 Å². The normalized spacial score (nSPS) is 10.0. The van der Waals surface area contributed by atoms with Crippen molar-refractivity contribution in [2.75, 3.05) is 52.9 Å². The fourth-order valence-corrected chi connectivity index (χ4v) is 2.11. The number of carbonyl (C=O) groups excluding carboxylic acids is 4. The van der Waals surface area contributed by atoms with Gasteiger partial charge < -0.3 is 28.4 Å². The second-order valence-corrected chi connectivity index (χ2v) is 5.79. The second kappa shape index (κ2) is 16.2. The van der Waals surface area contributed by atoms with Gasteiger partial charge in [0.05, 0.1) is 37.6 Å². The smallest absolute Gasteiger partial charge is 0.339 e. The maximum atomic E-state index is 12.3. The molecule has 1 rings (SSSR count). The van der Waals surface area contributed by atoms with Crippen LogP contribution in [0, 0.1) is 0 Å². The Kier molecular flexibility index (Phi) is 13.5. The molecule has 0 saturated heterocycles. The highest BCUT2D eigenvalue weighted by atomic mass is 16.6. The quantitative estimate of drug-likeness (QED) is 0.158. The van der Waals surface area contributed by atoms with Gasteiger partial charge in [-0.2, -0.15) is 0 Å². The molecule has 0 aliphatic rings. The van der Waals surface area contributed by atoms with Crippen molar-refractivity contribution in [3.8, 4) is 0 Å². The lowest BCUT2D eigenvalue weighted by molar-refractivity contribution is -0.140. The van der Waals surface area contributed by atoms with Gasteiger partial charge in [0.25, 0.3) is 0 Å². The Morgan fingerprint density at radius 3 is 1.28 bits per heavy atom. The average molecular weight is 450 g/mol. The Morgan fingerprint density at radius 1 is 0.594 bits per heavy atom. The van der Waals surface area contributed by atoms with Gasteiger partial charge in [0.15, 0.2) is 0 Å². The summed E-state index contributed by atoms with van der Waals surface area (Å²) in [7, 11) is 0. The van der Waals surface area contributed by atoms with Crippen molar-refractivity contribution < 1.29 is 47.6 Å². The number of ether oxygens (including phenoxy) is 6. The molecular weight excluding hydrogens is 424 g/mol. The molecule has 0 N–H and O–H groups in total. The highest BCUT2D eigenvalue weighted by Gasteiger charge is 2.18. The minimum atomic E-state index is -0.709. The first-order valence-corrected chi connectivity index (χ1v) is 9.66. The van der Waals surface area contributed by atoms with Crippen molar-refractivity contribution in [1.82, 2.24) is 0 Å². The van der Waals surface area contributed by atoms with Crippen LogP contribution in [0.5, 0.6) is 0 Å². The maximum absolute atomic E-state index is 12.3. The molecule has 0 aliphatic heterocycles. The van der Waals surface area contributed by atoms with Crippen molar-refractivity contribution >= 4 is 23.9 Å². The Hall–Kier alpha value is -3.50. The number of hydrogen-bond donors (Lipinski definition) is 0. The summed E-state index contributed by atoms with van der Waals surface area (Å²) < 4.78 is 30.0. The summed E-state index contributed by atoms with van der Waals surface area (Å²) in [5.74, 6) is -2.52. The lowest BCUT2D eigenvalue weighted by Crippen LogP contribution is -2.18. The Labute approximate surface area is 185 Å². The van der Waals surface area contributed by atoms with Gasteiger partial charge in [-0.1, -0.05) is 25.3 Å². The predicted octanol–water partition coefficient (Wildman–Crippen LogP) is 1.49. The van der Waals surface area contributed by atoms with Gasteiger partial charge in [-0.15, -0.1) is 0 Å². The standard InChI is InChI=1S/C22H26O10/c1-3-19(23)29-13-9-27-11-15-31-21(25)17-7-5-6-8-18(17)22(26)32-16-12-28-10-14-30-20(24)4-2/h3-8H,1-2,9-16H2. The molecule has 1 aromatic carbocycles. The number of carbonyl (C=O) groups is 4. The third-order valence-corrected chi connectivity index (χ3v) is 3.57. The fourth-order valence-electron chi connectivity index (χ4n) is 2.11. The van der Waals surface area contributed by atoms with Crippen LogP contribution in [0.4, 0.5) is 0 Å². The summed E-state index contributed by atoms with van der Waals surface area (Å²) in [5, 5.41) is 0. The van der Waals surface area contributed by atoms with Crippen LogP contribution in [-0.4, -0.2) is 76.7 Å². The molecular formula is C22H26O10. The zero-order valence-electron chi connectivity index (χ0n) is 17.6. The van der Waals surface area contributed by atoms with Crippen LogP contribution in [0.15, 0.2) is 49.6 Å². The molecule has 0 fully saturated rings. The minimum absolute atomic E-state index is 0.0506. The summed E-state index contributed by atoms with van der Waals surface area (Å²) in [4.78, 5) is 46.3. The maximum Gasteiger partial charge on any atom is 0.339 e. The van der Waals surface area contributed by atoms with Gasteiger partial charge >= 0.3 is 23.9 Å². The minimum Gasteiger partial charge on any atom is -0.460 e. The molecule has 1 aromatic rings. The van der Waals surface area contributed by atoms with E-state index in [2.05, 4.69) is 13.2 Å². The largest absolute Gasteiger partial charge is 0.460 e. The lowest BCUT2D eigenvalue weighted by Gasteiger charge is -2.10. The Bertz CT molecular complexity index is 722. The molecule has 174 valence electrons. The van der Waals surface area contributed by atoms with Crippen LogP contribution in [0.1, 0.15) is 20.7 Å². The molecule has 0 saturated carbocycles. The van der Waals surface area contributed by atoms with E-state index < -0.39 is 23.9 Å². The number of rotatable bonds is 16. The first kappa shape index (κ1) is 26.5. The predicted molar refractivity (Wildman–Crippen MR) is 111 cm³/mol. The van der Waals surface area contributed by atoms with E-state index in [9.17, 15) is 19.2 Å². The van der Waals surface area contributed by atoms with Gasteiger partial charge in [0.1, 0.15) is 26.4 Å². The molecule has 10 heteroatoms. The number of benzene rings is 1. The van der Waals surface area contributed by atoms with Crippen LogP contribution < -0.4 is 0 Å². The first-order chi connectivity index (χ1) is 15.5. The van der Waals surface area contributed by atoms with Crippen LogP contribution in [-0.2, 0) is 38.0 Å². The molecule has 10 nitrogen and oxygen atoms in total. The van der Waals surface area contributed by atoms with E-state index >= 15 is 0 Å². The second-order valence-electron chi connectivity index (χ2n) is 5.79. The van der Waals surface area contributed by atoms with Gasteiger partial charge in [0, 0.05) is 12.2 Å². The van der Waals surface area contributed by atoms with Gasteiger partial charge in [-0.3, -0.25) is 0 Å². The summed E-state index contributed by atoms with van der Waals surface area (Å²) in [6.07, 6.45) is 2.09.